The first kappa shape index (κ1) is 15.0. The summed E-state index contributed by atoms with van der Waals surface area (Å²) in [4.78, 5) is 16.0. The molecule has 20 heavy (non-hydrogen) atoms. The van der Waals surface area contributed by atoms with Crippen LogP contribution in [0.25, 0.3) is 0 Å². The first-order valence-corrected chi connectivity index (χ1v) is 7.62. The average molecular weight is 385 g/mol. The smallest absolute Gasteiger partial charge is 0.227 e. The topological polar surface area (TPSA) is 68.0 Å². The third-order valence-electron chi connectivity index (χ3n) is 2.68. The van der Waals surface area contributed by atoms with E-state index in [1.54, 1.807) is 0 Å². The maximum atomic E-state index is 11.8. The van der Waals surface area contributed by atoms with Crippen molar-refractivity contribution in [3.63, 3.8) is 0 Å². The van der Waals surface area contributed by atoms with Gasteiger partial charge in [0, 0.05) is 28.5 Å². The summed E-state index contributed by atoms with van der Waals surface area (Å²) in [6.45, 7) is 2.06. The van der Waals surface area contributed by atoms with Crippen molar-refractivity contribution in [1.29, 1.82) is 0 Å². The standard InChI is InChI=1S/C14H16IN3O2/c1-2-3-12-17-14(20-18-12)9-8-13(19)16-11-6-4-10(15)5-7-11/h4-7H,2-3,8-9H2,1H3,(H,16,19). The minimum absolute atomic E-state index is 0.0542. The lowest BCUT2D eigenvalue weighted by Crippen LogP contribution is -2.12. The third-order valence-corrected chi connectivity index (χ3v) is 3.40. The maximum Gasteiger partial charge on any atom is 0.227 e. The van der Waals surface area contributed by atoms with Gasteiger partial charge in [0.05, 0.1) is 0 Å². The van der Waals surface area contributed by atoms with Crippen molar-refractivity contribution in [1.82, 2.24) is 10.1 Å². The molecule has 1 N–H and O–H groups in total. The summed E-state index contributed by atoms with van der Waals surface area (Å²) < 4.78 is 6.23. The molecule has 2 rings (SSSR count). The Hall–Kier alpha value is -1.44. The summed E-state index contributed by atoms with van der Waals surface area (Å²) >= 11 is 2.22. The molecule has 1 aromatic carbocycles. The molecule has 0 atom stereocenters. The molecule has 0 aliphatic rings. The van der Waals surface area contributed by atoms with E-state index in [0.29, 0.717) is 24.6 Å². The van der Waals surface area contributed by atoms with Gasteiger partial charge in [-0.3, -0.25) is 4.79 Å². The van der Waals surface area contributed by atoms with E-state index in [0.717, 1.165) is 22.1 Å². The Morgan fingerprint density at radius 3 is 2.75 bits per heavy atom. The zero-order chi connectivity index (χ0) is 14.4. The largest absolute Gasteiger partial charge is 0.339 e. The second-order valence-electron chi connectivity index (χ2n) is 4.41. The van der Waals surface area contributed by atoms with E-state index in [4.69, 9.17) is 4.52 Å². The van der Waals surface area contributed by atoms with Gasteiger partial charge in [-0.05, 0) is 53.3 Å². The molecule has 5 nitrogen and oxygen atoms in total. The molecule has 6 heteroatoms. The fourth-order valence-corrected chi connectivity index (χ4v) is 2.05. The van der Waals surface area contributed by atoms with Gasteiger partial charge in [0.25, 0.3) is 0 Å². The van der Waals surface area contributed by atoms with Gasteiger partial charge in [-0.1, -0.05) is 12.1 Å². The first-order valence-electron chi connectivity index (χ1n) is 6.54. The predicted octanol–water partition coefficient (Wildman–Crippen LogP) is 3.20. The number of anilines is 1. The highest BCUT2D eigenvalue weighted by Gasteiger charge is 2.09. The Bertz CT molecular complexity index is 566. The second kappa shape index (κ2) is 7.37. The summed E-state index contributed by atoms with van der Waals surface area (Å²) in [5.41, 5.74) is 0.799. The first-order chi connectivity index (χ1) is 9.67. The minimum Gasteiger partial charge on any atom is -0.339 e. The van der Waals surface area contributed by atoms with E-state index in [-0.39, 0.29) is 5.91 Å². The Morgan fingerprint density at radius 1 is 1.30 bits per heavy atom. The van der Waals surface area contributed by atoms with Gasteiger partial charge in [-0.25, -0.2) is 0 Å². The molecule has 0 saturated heterocycles. The van der Waals surface area contributed by atoms with Crippen LogP contribution in [0, 0.1) is 3.57 Å². The summed E-state index contributed by atoms with van der Waals surface area (Å²) in [7, 11) is 0. The molecule has 0 fully saturated rings. The number of halogens is 1. The van der Waals surface area contributed by atoms with Crippen molar-refractivity contribution < 1.29 is 9.32 Å². The molecule has 2 aromatic rings. The van der Waals surface area contributed by atoms with Gasteiger partial charge in [-0.2, -0.15) is 4.98 Å². The summed E-state index contributed by atoms with van der Waals surface area (Å²) in [6.07, 6.45) is 2.58. The zero-order valence-corrected chi connectivity index (χ0v) is 13.4. The van der Waals surface area contributed by atoms with Crippen LogP contribution in [0.1, 0.15) is 31.5 Å². The minimum atomic E-state index is -0.0542. The van der Waals surface area contributed by atoms with Crippen molar-refractivity contribution in [2.45, 2.75) is 32.6 Å². The van der Waals surface area contributed by atoms with Gasteiger partial charge < -0.3 is 9.84 Å². The zero-order valence-electron chi connectivity index (χ0n) is 11.2. The molecule has 0 aliphatic heterocycles. The lowest BCUT2D eigenvalue weighted by Gasteiger charge is -2.03. The highest BCUT2D eigenvalue weighted by Crippen LogP contribution is 2.12. The van der Waals surface area contributed by atoms with Crippen LogP contribution in [-0.4, -0.2) is 16.0 Å². The van der Waals surface area contributed by atoms with Crippen molar-refractivity contribution in [3.8, 4) is 0 Å². The maximum absolute atomic E-state index is 11.8. The number of aromatic nitrogens is 2. The normalized spacial score (nSPS) is 10.5. The number of carbonyl (C=O) groups is 1. The van der Waals surface area contributed by atoms with Crippen LogP contribution in [0.5, 0.6) is 0 Å². The van der Waals surface area contributed by atoms with Crippen molar-refractivity contribution in [2.24, 2.45) is 0 Å². The summed E-state index contributed by atoms with van der Waals surface area (Å²) in [5, 5.41) is 6.70. The van der Waals surface area contributed by atoms with E-state index in [1.165, 1.54) is 0 Å². The SMILES string of the molecule is CCCc1noc(CCC(=O)Nc2ccc(I)cc2)n1. The monoisotopic (exact) mass is 385 g/mol. The molecule has 0 radical (unpaired) electrons. The van der Waals surface area contributed by atoms with Gasteiger partial charge in [0.15, 0.2) is 5.82 Å². The number of hydrogen-bond acceptors (Lipinski definition) is 4. The van der Waals surface area contributed by atoms with E-state index in [1.807, 2.05) is 24.3 Å². The lowest BCUT2D eigenvalue weighted by molar-refractivity contribution is -0.116. The van der Waals surface area contributed by atoms with Crippen LogP contribution in [0.4, 0.5) is 5.69 Å². The molecule has 1 heterocycles. The Kier molecular flexibility index (Phi) is 5.51. The van der Waals surface area contributed by atoms with E-state index >= 15 is 0 Å². The van der Waals surface area contributed by atoms with Gasteiger partial charge in [0.2, 0.25) is 11.8 Å². The number of aryl methyl sites for hydroxylation is 2. The van der Waals surface area contributed by atoms with E-state index in [2.05, 4.69) is 45.0 Å². The second-order valence-corrected chi connectivity index (χ2v) is 5.66. The average Bonchev–Trinajstić information content (AvgIpc) is 2.87. The van der Waals surface area contributed by atoms with Crippen LogP contribution in [0.3, 0.4) is 0 Å². The molecule has 1 aromatic heterocycles. The Labute approximate surface area is 131 Å². The number of nitrogens with one attached hydrogen (secondary N) is 1. The fourth-order valence-electron chi connectivity index (χ4n) is 1.69. The Morgan fingerprint density at radius 2 is 2.05 bits per heavy atom. The number of nitrogens with zero attached hydrogens (tertiary/aromatic N) is 2. The van der Waals surface area contributed by atoms with Crippen LogP contribution < -0.4 is 5.32 Å². The van der Waals surface area contributed by atoms with Crippen molar-refractivity contribution in [3.05, 3.63) is 39.6 Å². The van der Waals surface area contributed by atoms with Crippen LogP contribution in [0.2, 0.25) is 0 Å². The number of hydrogen-bond donors (Lipinski definition) is 1. The van der Waals surface area contributed by atoms with Gasteiger partial charge >= 0.3 is 0 Å². The number of rotatable bonds is 6. The molecule has 0 bridgehead atoms. The molecule has 0 saturated carbocycles. The molecular formula is C14H16IN3O2. The number of benzene rings is 1. The molecular weight excluding hydrogens is 369 g/mol. The number of carbonyl (C=O) groups excluding carboxylic acids is 1. The van der Waals surface area contributed by atoms with Crippen molar-refractivity contribution in [2.75, 3.05) is 5.32 Å². The summed E-state index contributed by atoms with van der Waals surface area (Å²) in [6, 6.07) is 7.66. The van der Waals surface area contributed by atoms with Crippen LogP contribution in [0.15, 0.2) is 28.8 Å². The third kappa shape index (κ3) is 4.59. The van der Waals surface area contributed by atoms with Crippen LogP contribution in [-0.2, 0) is 17.6 Å². The van der Waals surface area contributed by atoms with Crippen LogP contribution >= 0.6 is 22.6 Å². The molecule has 106 valence electrons. The van der Waals surface area contributed by atoms with Gasteiger partial charge in [0.1, 0.15) is 0 Å². The highest BCUT2D eigenvalue weighted by molar-refractivity contribution is 14.1. The number of amides is 1. The molecule has 0 spiro atoms. The highest BCUT2D eigenvalue weighted by atomic mass is 127. The lowest BCUT2D eigenvalue weighted by atomic mass is 10.2. The molecule has 0 aliphatic carbocycles. The molecule has 1 amide bonds. The van der Waals surface area contributed by atoms with Gasteiger partial charge in [-0.15, -0.1) is 0 Å². The molecule has 0 unspecified atom stereocenters. The Balaban J connectivity index is 1.80. The predicted molar refractivity (Wildman–Crippen MR) is 84.4 cm³/mol. The van der Waals surface area contributed by atoms with Crippen molar-refractivity contribution >= 4 is 34.2 Å². The fraction of sp³-hybridized carbons (Fsp3) is 0.357. The quantitative estimate of drug-likeness (QED) is 0.776. The van der Waals surface area contributed by atoms with E-state index < -0.39 is 0 Å². The summed E-state index contributed by atoms with van der Waals surface area (Å²) in [5.74, 6) is 1.17. The van der Waals surface area contributed by atoms with E-state index in [9.17, 15) is 4.79 Å².